The highest BCUT2D eigenvalue weighted by Gasteiger charge is 2.26. The van der Waals surface area contributed by atoms with Gasteiger partial charge in [-0.05, 0) is 18.8 Å². The molecule has 1 aliphatic rings. The molecular weight excluding hydrogens is 138 g/mol. The van der Waals surface area contributed by atoms with Gasteiger partial charge in [-0.1, -0.05) is 20.3 Å². The van der Waals surface area contributed by atoms with Crippen molar-refractivity contribution in [3.63, 3.8) is 0 Å². The van der Waals surface area contributed by atoms with Crippen LogP contribution in [0.2, 0.25) is 0 Å². The normalized spacial score (nSPS) is 31.6. The van der Waals surface area contributed by atoms with Crippen molar-refractivity contribution < 1.29 is 5.11 Å². The summed E-state index contributed by atoms with van der Waals surface area (Å²) in [6, 6.07) is 1.12. The molecule has 0 amide bonds. The molecule has 1 fully saturated rings. The van der Waals surface area contributed by atoms with Gasteiger partial charge in [-0.25, -0.2) is 0 Å². The maximum Gasteiger partial charge on any atom is 0.0474 e. The maximum absolute atomic E-state index is 9.01. The van der Waals surface area contributed by atoms with Crippen LogP contribution >= 0.6 is 0 Å². The Hall–Kier alpha value is -0.0800. The van der Waals surface area contributed by atoms with E-state index in [-0.39, 0.29) is 0 Å². The van der Waals surface area contributed by atoms with Crippen LogP contribution in [0.1, 0.15) is 33.1 Å². The second-order valence-corrected chi connectivity index (χ2v) is 3.80. The van der Waals surface area contributed by atoms with E-state index in [0.29, 0.717) is 24.6 Å². The van der Waals surface area contributed by atoms with Crippen LogP contribution in [-0.4, -0.2) is 23.8 Å². The van der Waals surface area contributed by atoms with E-state index in [1.54, 1.807) is 0 Å². The Balaban J connectivity index is 2.31. The van der Waals surface area contributed by atoms with Gasteiger partial charge in [-0.15, -0.1) is 0 Å². The van der Waals surface area contributed by atoms with Crippen LogP contribution in [0.15, 0.2) is 0 Å². The van der Waals surface area contributed by atoms with Gasteiger partial charge in [0.15, 0.2) is 0 Å². The number of hydrogen-bond donors (Lipinski definition) is 2. The summed E-state index contributed by atoms with van der Waals surface area (Å²) < 4.78 is 0. The highest BCUT2D eigenvalue weighted by molar-refractivity contribution is 4.83. The van der Waals surface area contributed by atoms with Crippen molar-refractivity contribution in [3.8, 4) is 0 Å². The minimum absolute atomic E-state index is 0.352. The number of aliphatic hydroxyl groups is 1. The molecule has 1 rings (SSSR count). The maximum atomic E-state index is 9.01. The topological polar surface area (TPSA) is 32.3 Å². The monoisotopic (exact) mass is 157 g/mol. The summed E-state index contributed by atoms with van der Waals surface area (Å²) >= 11 is 0. The summed E-state index contributed by atoms with van der Waals surface area (Å²) in [6.45, 7) is 4.67. The predicted molar refractivity (Wildman–Crippen MR) is 46.5 cm³/mol. The summed E-state index contributed by atoms with van der Waals surface area (Å²) in [5, 5.41) is 12.5. The third-order valence-electron chi connectivity index (χ3n) is 2.44. The lowest BCUT2D eigenvalue weighted by Gasteiger charge is -2.21. The van der Waals surface area contributed by atoms with Gasteiger partial charge in [0.05, 0.1) is 0 Å². The molecule has 11 heavy (non-hydrogen) atoms. The first-order valence-corrected chi connectivity index (χ1v) is 4.61. The summed E-state index contributed by atoms with van der Waals surface area (Å²) in [5.41, 5.74) is 0. The van der Waals surface area contributed by atoms with Crippen molar-refractivity contribution in [1.82, 2.24) is 5.32 Å². The molecule has 2 heteroatoms. The Bertz CT molecular complexity index is 114. The molecule has 66 valence electrons. The third kappa shape index (κ3) is 2.46. The molecular formula is C9H19NO. The molecule has 0 heterocycles. The predicted octanol–water partition coefficient (Wildman–Crippen LogP) is 1.15. The van der Waals surface area contributed by atoms with Crippen LogP contribution < -0.4 is 5.32 Å². The molecule has 2 unspecified atom stereocenters. The average Bonchev–Trinajstić information content (AvgIpc) is 2.34. The Morgan fingerprint density at radius 1 is 1.45 bits per heavy atom. The fraction of sp³-hybridized carbons (Fsp3) is 1.00. The van der Waals surface area contributed by atoms with E-state index in [9.17, 15) is 0 Å². The van der Waals surface area contributed by atoms with Crippen LogP contribution in [0.3, 0.4) is 0 Å². The molecule has 0 aliphatic heterocycles. The molecule has 1 saturated carbocycles. The Morgan fingerprint density at radius 2 is 2.18 bits per heavy atom. The van der Waals surface area contributed by atoms with Gasteiger partial charge in [-0.2, -0.15) is 0 Å². The molecule has 0 radical (unpaired) electrons. The van der Waals surface area contributed by atoms with Crippen molar-refractivity contribution >= 4 is 0 Å². The van der Waals surface area contributed by atoms with Crippen LogP contribution in [0, 0.1) is 5.92 Å². The number of rotatable bonds is 3. The van der Waals surface area contributed by atoms with Crippen LogP contribution in [0.5, 0.6) is 0 Å². The average molecular weight is 157 g/mol. The Morgan fingerprint density at radius 3 is 2.73 bits per heavy atom. The van der Waals surface area contributed by atoms with Gasteiger partial charge in [0.1, 0.15) is 0 Å². The highest BCUT2D eigenvalue weighted by Crippen LogP contribution is 2.25. The zero-order valence-electron chi connectivity index (χ0n) is 7.51. The van der Waals surface area contributed by atoms with E-state index in [2.05, 4.69) is 19.2 Å². The lowest BCUT2D eigenvalue weighted by atomic mass is 10.0. The molecule has 2 atom stereocenters. The SMILES string of the molecule is CC(C)NC1CCCC1CO. The lowest BCUT2D eigenvalue weighted by molar-refractivity contribution is 0.202. The number of nitrogens with one attached hydrogen (secondary N) is 1. The van der Waals surface area contributed by atoms with E-state index >= 15 is 0 Å². The molecule has 2 N–H and O–H groups in total. The van der Waals surface area contributed by atoms with Crippen molar-refractivity contribution in [2.24, 2.45) is 5.92 Å². The zero-order valence-corrected chi connectivity index (χ0v) is 7.51. The first kappa shape index (κ1) is 9.01. The molecule has 1 aliphatic carbocycles. The van der Waals surface area contributed by atoms with Gasteiger partial charge < -0.3 is 10.4 Å². The van der Waals surface area contributed by atoms with Gasteiger partial charge in [0.2, 0.25) is 0 Å². The molecule has 2 nitrogen and oxygen atoms in total. The molecule has 0 aromatic carbocycles. The first-order chi connectivity index (χ1) is 5.24. The standard InChI is InChI=1S/C9H19NO/c1-7(2)10-9-5-3-4-8(9)6-11/h7-11H,3-6H2,1-2H3. The van der Waals surface area contributed by atoms with Crippen LogP contribution in [0.4, 0.5) is 0 Å². The fourth-order valence-electron chi connectivity index (χ4n) is 1.90. The highest BCUT2D eigenvalue weighted by atomic mass is 16.3. The molecule has 0 aromatic rings. The van der Waals surface area contributed by atoms with E-state index in [1.807, 2.05) is 0 Å². The lowest BCUT2D eigenvalue weighted by Crippen LogP contribution is -2.38. The number of aliphatic hydroxyl groups excluding tert-OH is 1. The van der Waals surface area contributed by atoms with E-state index in [4.69, 9.17) is 5.11 Å². The second kappa shape index (κ2) is 4.07. The third-order valence-corrected chi connectivity index (χ3v) is 2.44. The van der Waals surface area contributed by atoms with Crippen molar-refractivity contribution in [3.05, 3.63) is 0 Å². The minimum Gasteiger partial charge on any atom is -0.396 e. The minimum atomic E-state index is 0.352. The Kier molecular flexibility index (Phi) is 3.34. The second-order valence-electron chi connectivity index (χ2n) is 3.80. The van der Waals surface area contributed by atoms with E-state index in [1.165, 1.54) is 19.3 Å². The van der Waals surface area contributed by atoms with Gasteiger partial charge in [0, 0.05) is 18.7 Å². The quantitative estimate of drug-likeness (QED) is 0.644. The molecule has 0 aromatic heterocycles. The van der Waals surface area contributed by atoms with E-state index in [0.717, 1.165) is 0 Å². The molecule has 0 saturated heterocycles. The van der Waals surface area contributed by atoms with Crippen LogP contribution in [0.25, 0.3) is 0 Å². The Labute approximate surface area is 69.0 Å². The summed E-state index contributed by atoms with van der Waals surface area (Å²) in [5.74, 6) is 0.511. The molecule has 0 bridgehead atoms. The zero-order chi connectivity index (χ0) is 8.27. The van der Waals surface area contributed by atoms with Crippen molar-refractivity contribution in [2.75, 3.05) is 6.61 Å². The van der Waals surface area contributed by atoms with E-state index < -0.39 is 0 Å². The van der Waals surface area contributed by atoms with Crippen molar-refractivity contribution in [2.45, 2.75) is 45.2 Å². The smallest absolute Gasteiger partial charge is 0.0474 e. The van der Waals surface area contributed by atoms with Gasteiger partial charge in [0.25, 0.3) is 0 Å². The van der Waals surface area contributed by atoms with Gasteiger partial charge in [-0.3, -0.25) is 0 Å². The van der Waals surface area contributed by atoms with Crippen LogP contribution in [-0.2, 0) is 0 Å². The molecule has 0 spiro atoms. The largest absolute Gasteiger partial charge is 0.396 e. The summed E-state index contributed by atoms with van der Waals surface area (Å²) in [6.07, 6.45) is 3.71. The van der Waals surface area contributed by atoms with Gasteiger partial charge >= 0.3 is 0 Å². The fourth-order valence-corrected chi connectivity index (χ4v) is 1.90. The summed E-state index contributed by atoms with van der Waals surface area (Å²) in [7, 11) is 0. The van der Waals surface area contributed by atoms with Crippen molar-refractivity contribution in [1.29, 1.82) is 0 Å². The summed E-state index contributed by atoms with van der Waals surface area (Å²) in [4.78, 5) is 0. The number of hydrogen-bond acceptors (Lipinski definition) is 2. The first-order valence-electron chi connectivity index (χ1n) is 4.61.